The highest BCUT2D eigenvalue weighted by atomic mass is 32.2. The quantitative estimate of drug-likeness (QED) is 0.0806. The lowest BCUT2D eigenvalue weighted by molar-refractivity contribution is -0.145. The molecule has 0 radical (unpaired) electrons. The van der Waals surface area contributed by atoms with E-state index in [1.165, 1.54) is 27.6 Å². The number of aliphatic carboxylic acids is 1. The zero-order chi connectivity index (χ0) is 48.2. The molecule has 5 heterocycles. The molecule has 5 N–H and O–H groups in total. The minimum absolute atomic E-state index is 0.0182. The van der Waals surface area contributed by atoms with Crippen molar-refractivity contribution in [3.05, 3.63) is 59.3 Å². The van der Waals surface area contributed by atoms with Crippen LogP contribution in [0, 0.1) is 11.8 Å². The number of hydrogen-bond acceptors (Lipinski definition) is 13. The van der Waals surface area contributed by atoms with Crippen LogP contribution in [-0.2, 0) is 24.4 Å². The monoisotopic (exact) mass is 990 g/mol. The van der Waals surface area contributed by atoms with Crippen LogP contribution in [-0.4, -0.2) is 120 Å². The molecule has 4 aromatic rings. The normalized spacial score (nSPS) is 24.8. The second-order valence-corrected chi connectivity index (χ2v) is 22.8. The maximum atomic E-state index is 15.1. The summed E-state index contributed by atoms with van der Waals surface area (Å²) < 4.78 is 40.9. The van der Waals surface area contributed by atoms with Gasteiger partial charge >= 0.3 is 12.0 Å². The van der Waals surface area contributed by atoms with Crippen molar-refractivity contribution in [2.75, 3.05) is 32.6 Å². The number of urea groups is 1. The number of nitrogens with one attached hydrogen (secondary N) is 4. The number of carbonyl (C=O) groups is 4. The second kappa shape index (κ2) is 21.1. The standard InChI is InChI=1S/C48H62N8O9S3/c1-29(2)49-47-53-39(28-67-47)37-24-41(34-20-19-32(64-4)22-36(34)50-37)65-33-23-40-43(57)54-48(45(59)60)25-31(48)16-11-6-5-7-12-17-35(44(58)56(40)26-33)51-46(61)52-38(30-14-9-8-10-15-30)27-55(3)68(62,63)42-18-13-21-66-42/h11,13,16,18-22,24,28-31,33,35,38,40H,5-10,12,14-15,17,23,25-27H2,1-4H3,(H,49,53)(H,54,57)(H,59,60)(H2,51,52,61)/b16-11-/t31?,33-,35+,38-,40+,48-/m1/s1. The first-order valence-corrected chi connectivity index (χ1v) is 26.8. The Hall–Kier alpha value is -5.31. The van der Waals surface area contributed by atoms with Gasteiger partial charge in [0, 0.05) is 60.9 Å². The van der Waals surface area contributed by atoms with E-state index in [1.54, 1.807) is 42.8 Å². The van der Waals surface area contributed by atoms with Crippen LogP contribution in [0.3, 0.4) is 0 Å². The number of ether oxygens (including phenoxy) is 2. The van der Waals surface area contributed by atoms with Crippen molar-refractivity contribution in [3.8, 4) is 22.9 Å². The van der Waals surface area contributed by atoms with Gasteiger partial charge in [0.15, 0.2) is 5.13 Å². The predicted molar refractivity (Wildman–Crippen MR) is 261 cm³/mol. The largest absolute Gasteiger partial charge is 0.497 e. The van der Waals surface area contributed by atoms with Gasteiger partial charge in [-0.15, -0.1) is 22.7 Å². The van der Waals surface area contributed by atoms with Crippen molar-refractivity contribution in [2.45, 2.75) is 131 Å². The molecule has 0 spiro atoms. The lowest BCUT2D eigenvalue weighted by Crippen LogP contribution is -2.58. The Morgan fingerprint density at radius 3 is 2.54 bits per heavy atom. The van der Waals surface area contributed by atoms with Crippen molar-refractivity contribution < 1.29 is 42.2 Å². The molecule has 3 aromatic heterocycles. The lowest BCUT2D eigenvalue weighted by Gasteiger charge is -2.34. The van der Waals surface area contributed by atoms with E-state index < -0.39 is 69.5 Å². The van der Waals surface area contributed by atoms with Gasteiger partial charge < -0.3 is 40.7 Å². The van der Waals surface area contributed by atoms with Crippen LogP contribution in [0.25, 0.3) is 22.3 Å². The minimum atomic E-state index is -3.81. The number of rotatable bonds is 14. The average Bonchev–Trinajstić information content (AvgIpc) is 3.79. The van der Waals surface area contributed by atoms with Gasteiger partial charge in [0.2, 0.25) is 11.8 Å². The lowest BCUT2D eigenvalue weighted by atomic mass is 9.84. The molecule has 1 unspecified atom stereocenters. The highest BCUT2D eigenvalue weighted by Gasteiger charge is 2.61. The van der Waals surface area contributed by atoms with Crippen LogP contribution in [0.5, 0.6) is 11.5 Å². The molecule has 1 aromatic carbocycles. The molecule has 3 fully saturated rings. The first-order chi connectivity index (χ1) is 32.6. The molecule has 2 saturated carbocycles. The van der Waals surface area contributed by atoms with Crippen molar-refractivity contribution in [3.63, 3.8) is 0 Å². The number of hydrogen-bond donors (Lipinski definition) is 5. The number of methoxy groups -OCH3 is 1. The van der Waals surface area contributed by atoms with Gasteiger partial charge in [0.05, 0.1) is 24.9 Å². The number of allylic oxidation sites excluding steroid dienone is 1. The molecule has 8 rings (SSSR count). The minimum Gasteiger partial charge on any atom is -0.497 e. The van der Waals surface area contributed by atoms with Crippen LogP contribution in [0.2, 0.25) is 0 Å². The number of thiazole rings is 1. The first-order valence-electron chi connectivity index (χ1n) is 23.6. The average molecular weight is 991 g/mol. The Labute approximate surface area is 405 Å². The summed E-state index contributed by atoms with van der Waals surface area (Å²) in [6.07, 6.45) is 11.1. The molecule has 2 aliphatic heterocycles. The molecule has 20 heteroatoms. The number of pyridine rings is 1. The third kappa shape index (κ3) is 11.1. The number of carboxylic acid groups (broad SMARTS) is 1. The highest BCUT2D eigenvalue weighted by molar-refractivity contribution is 7.91. The van der Waals surface area contributed by atoms with Crippen LogP contribution >= 0.6 is 22.7 Å². The highest BCUT2D eigenvalue weighted by Crippen LogP contribution is 2.46. The fourth-order valence-electron chi connectivity index (χ4n) is 9.72. The zero-order valence-electron chi connectivity index (χ0n) is 38.9. The molecular weight excluding hydrogens is 929 g/mol. The van der Waals surface area contributed by atoms with Gasteiger partial charge in [0.25, 0.3) is 10.0 Å². The van der Waals surface area contributed by atoms with Gasteiger partial charge in [-0.25, -0.2) is 28.0 Å². The van der Waals surface area contributed by atoms with E-state index in [1.807, 2.05) is 37.4 Å². The first kappa shape index (κ1) is 49.1. The van der Waals surface area contributed by atoms with Crippen LogP contribution < -0.4 is 30.7 Å². The summed E-state index contributed by atoms with van der Waals surface area (Å²) in [4.78, 5) is 67.7. The number of carboxylic acids is 1. The molecule has 4 aliphatic rings. The number of carbonyl (C=O) groups excluding carboxylic acids is 3. The van der Waals surface area contributed by atoms with Crippen molar-refractivity contribution >= 4 is 72.5 Å². The molecule has 68 heavy (non-hydrogen) atoms. The van der Waals surface area contributed by atoms with Gasteiger partial charge in [-0.1, -0.05) is 50.3 Å². The molecule has 4 amide bonds. The summed E-state index contributed by atoms with van der Waals surface area (Å²) in [6, 6.07) is 7.30. The third-order valence-corrected chi connectivity index (χ3v) is 17.5. The molecule has 6 atom stereocenters. The molecule has 2 aliphatic carbocycles. The number of fused-ring (bicyclic) bond motifs is 3. The number of benzene rings is 1. The number of aromatic nitrogens is 2. The number of sulfonamides is 1. The van der Waals surface area contributed by atoms with Crippen molar-refractivity contribution in [2.24, 2.45) is 11.8 Å². The Kier molecular flexibility index (Phi) is 15.3. The van der Waals surface area contributed by atoms with E-state index in [9.17, 15) is 27.9 Å². The van der Waals surface area contributed by atoms with Gasteiger partial charge in [-0.2, -0.15) is 4.31 Å². The number of anilines is 1. The molecule has 366 valence electrons. The fraction of sp³-hybridized carbons (Fsp3) is 0.542. The Morgan fingerprint density at radius 1 is 1.03 bits per heavy atom. The van der Waals surface area contributed by atoms with E-state index in [2.05, 4.69) is 21.3 Å². The number of thiophene rings is 1. The van der Waals surface area contributed by atoms with Crippen molar-refractivity contribution in [1.29, 1.82) is 0 Å². The fourth-order valence-corrected chi connectivity index (χ4v) is 13.0. The maximum absolute atomic E-state index is 15.1. The summed E-state index contributed by atoms with van der Waals surface area (Å²) >= 11 is 2.59. The topological polar surface area (TPSA) is 221 Å². The smallest absolute Gasteiger partial charge is 0.330 e. The van der Waals surface area contributed by atoms with E-state index in [0.29, 0.717) is 46.6 Å². The summed E-state index contributed by atoms with van der Waals surface area (Å²) in [5.41, 5.74) is 0.243. The van der Waals surface area contributed by atoms with Crippen LogP contribution in [0.15, 0.2) is 63.5 Å². The Bertz CT molecular complexity index is 2600. The van der Waals surface area contributed by atoms with Crippen LogP contribution in [0.1, 0.15) is 90.9 Å². The Morgan fingerprint density at radius 2 is 1.81 bits per heavy atom. The molecule has 17 nitrogen and oxygen atoms in total. The zero-order valence-corrected chi connectivity index (χ0v) is 41.4. The number of amides is 4. The molecular formula is C48H62N8O9S3. The second-order valence-electron chi connectivity index (χ2n) is 18.7. The van der Waals surface area contributed by atoms with E-state index in [-0.39, 0.29) is 48.5 Å². The summed E-state index contributed by atoms with van der Waals surface area (Å²) in [5, 5.41) is 27.7. The van der Waals surface area contributed by atoms with Gasteiger partial charge in [-0.3, -0.25) is 9.59 Å². The summed E-state index contributed by atoms with van der Waals surface area (Å²) in [5.74, 6) is -1.61. The summed E-state index contributed by atoms with van der Waals surface area (Å²) in [6.45, 7) is 4.06. The van der Waals surface area contributed by atoms with E-state index >= 15 is 4.79 Å². The van der Waals surface area contributed by atoms with Crippen LogP contribution in [0.4, 0.5) is 9.93 Å². The molecule has 1 saturated heterocycles. The molecule has 0 bridgehead atoms. The van der Waals surface area contributed by atoms with Gasteiger partial charge in [-0.05, 0) is 81.9 Å². The van der Waals surface area contributed by atoms with Gasteiger partial charge in [0.1, 0.15) is 45.1 Å². The van der Waals surface area contributed by atoms with E-state index in [0.717, 1.165) is 61.4 Å². The maximum Gasteiger partial charge on any atom is 0.330 e. The van der Waals surface area contributed by atoms with E-state index in [4.69, 9.17) is 19.4 Å². The Balaban J connectivity index is 1.08. The number of nitrogens with zero attached hydrogens (tertiary/aromatic N) is 4. The summed E-state index contributed by atoms with van der Waals surface area (Å²) in [7, 11) is -0.717. The number of likely N-dealkylation sites (N-methyl/N-ethyl adjacent to an activating group) is 1. The SMILES string of the molecule is COc1ccc2c(O[C@@H]3C[C@H]4C(=O)N[C@]5(C(=O)O)CC5/C=C\CCCCC[C@H](NC(=O)N[C@H](CN(C)S(=O)(=O)c5cccs5)C5CCCCC5)C(=O)N4C3)cc(-c3csc(NC(C)C)n3)nc2c1. The van der Waals surface area contributed by atoms with Crippen molar-refractivity contribution in [1.82, 2.24) is 35.1 Å². The third-order valence-electron chi connectivity index (χ3n) is 13.5. The predicted octanol–water partition coefficient (Wildman–Crippen LogP) is 7.01.